The van der Waals surface area contributed by atoms with E-state index in [9.17, 15) is 10.1 Å². The summed E-state index contributed by atoms with van der Waals surface area (Å²) >= 11 is 0. The van der Waals surface area contributed by atoms with Gasteiger partial charge in [0, 0.05) is 17.7 Å². The Kier molecular flexibility index (Phi) is 2.27. The number of hydrogen-bond acceptors (Lipinski definition) is 3. The molecule has 0 aliphatic heterocycles. The molecule has 0 spiro atoms. The molecule has 0 radical (unpaired) electrons. The quantitative estimate of drug-likeness (QED) is 0.309. The van der Waals surface area contributed by atoms with Crippen molar-refractivity contribution in [2.45, 2.75) is 6.92 Å². The summed E-state index contributed by atoms with van der Waals surface area (Å²) in [6.45, 7) is 1.68. The van der Waals surface area contributed by atoms with Gasteiger partial charge in [-0.1, -0.05) is 0 Å². The maximum Gasteiger partial charge on any atom is 0.269 e. The number of nitrogens with one attached hydrogen (secondary N) is 1. The van der Waals surface area contributed by atoms with E-state index in [1.165, 1.54) is 18.2 Å². The van der Waals surface area contributed by atoms with E-state index in [0.717, 1.165) is 0 Å². The van der Waals surface area contributed by atoms with Crippen LogP contribution in [-0.4, -0.2) is 10.8 Å². The van der Waals surface area contributed by atoms with E-state index in [4.69, 9.17) is 11.1 Å². The van der Waals surface area contributed by atoms with Crippen LogP contribution in [0.4, 0.5) is 5.69 Å². The average Bonchev–Trinajstić information content (AvgIpc) is 2.03. The lowest BCUT2D eigenvalue weighted by Gasteiger charge is -2.01. The van der Waals surface area contributed by atoms with Crippen molar-refractivity contribution in [1.29, 1.82) is 5.41 Å². The average molecular weight is 179 g/mol. The van der Waals surface area contributed by atoms with Crippen LogP contribution < -0.4 is 5.73 Å². The van der Waals surface area contributed by atoms with Crippen molar-refractivity contribution in [2.24, 2.45) is 5.73 Å². The third kappa shape index (κ3) is 1.81. The van der Waals surface area contributed by atoms with E-state index < -0.39 is 4.92 Å². The van der Waals surface area contributed by atoms with Crippen LogP contribution >= 0.6 is 0 Å². The van der Waals surface area contributed by atoms with Crippen LogP contribution in [-0.2, 0) is 0 Å². The maximum atomic E-state index is 10.4. The number of nitrogens with zero attached hydrogens (tertiary/aromatic N) is 1. The number of benzene rings is 1. The number of nitro groups is 1. The molecule has 0 aliphatic rings. The fourth-order valence-electron chi connectivity index (χ4n) is 1.06. The molecule has 68 valence electrons. The molecule has 0 atom stereocenters. The van der Waals surface area contributed by atoms with Crippen LogP contribution in [0.1, 0.15) is 11.1 Å². The minimum absolute atomic E-state index is 0.0162. The van der Waals surface area contributed by atoms with Crippen LogP contribution in [0.2, 0.25) is 0 Å². The fourth-order valence-corrected chi connectivity index (χ4v) is 1.06. The Labute approximate surface area is 74.8 Å². The highest BCUT2D eigenvalue weighted by molar-refractivity contribution is 5.96. The van der Waals surface area contributed by atoms with Gasteiger partial charge in [-0.2, -0.15) is 0 Å². The van der Waals surface area contributed by atoms with Crippen LogP contribution in [0.3, 0.4) is 0 Å². The second-order valence-electron chi connectivity index (χ2n) is 2.67. The Morgan fingerprint density at radius 1 is 1.62 bits per heavy atom. The highest BCUT2D eigenvalue weighted by Gasteiger charge is 2.08. The highest BCUT2D eigenvalue weighted by atomic mass is 16.6. The minimum atomic E-state index is -0.475. The summed E-state index contributed by atoms with van der Waals surface area (Å²) in [5.41, 5.74) is 6.44. The molecule has 0 amide bonds. The van der Waals surface area contributed by atoms with E-state index >= 15 is 0 Å². The van der Waals surface area contributed by atoms with Crippen molar-refractivity contribution in [1.82, 2.24) is 0 Å². The topological polar surface area (TPSA) is 93.0 Å². The van der Waals surface area contributed by atoms with Gasteiger partial charge in [0.2, 0.25) is 0 Å². The molecule has 0 heterocycles. The molecule has 0 saturated carbocycles. The van der Waals surface area contributed by atoms with Crippen LogP contribution in [0.25, 0.3) is 0 Å². The summed E-state index contributed by atoms with van der Waals surface area (Å²) in [6, 6.07) is 4.22. The predicted octanol–water partition coefficient (Wildman–Crippen LogP) is 1.19. The van der Waals surface area contributed by atoms with Gasteiger partial charge >= 0.3 is 0 Å². The van der Waals surface area contributed by atoms with Crippen molar-refractivity contribution >= 4 is 11.5 Å². The molecule has 5 nitrogen and oxygen atoms in total. The number of nitrogen functional groups attached to an aromatic ring is 1. The fraction of sp³-hybridized carbons (Fsp3) is 0.125. The standard InChI is InChI=1S/C8H9N3O2/c1-5-4-6(11(12)13)2-3-7(5)8(9)10/h2-4H,1H3,(H3,9,10). The van der Waals surface area contributed by atoms with Crippen molar-refractivity contribution in [3.63, 3.8) is 0 Å². The lowest BCUT2D eigenvalue weighted by Crippen LogP contribution is -2.12. The predicted molar refractivity (Wildman–Crippen MR) is 48.8 cm³/mol. The molecule has 5 heteroatoms. The van der Waals surface area contributed by atoms with Gasteiger partial charge in [-0.05, 0) is 18.6 Å². The second-order valence-corrected chi connectivity index (χ2v) is 2.67. The van der Waals surface area contributed by atoms with E-state index in [2.05, 4.69) is 0 Å². The van der Waals surface area contributed by atoms with Gasteiger partial charge in [0.15, 0.2) is 0 Å². The zero-order valence-electron chi connectivity index (χ0n) is 7.07. The first-order valence-electron chi connectivity index (χ1n) is 3.62. The van der Waals surface area contributed by atoms with E-state index in [0.29, 0.717) is 11.1 Å². The molecular formula is C8H9N3O2. The normalized spacial score (nSPS) is 9.62. The van der Waals surface area contributed by atoms with Gasteiger partial charge in [0.25, 0.3) is 5.69 Å². The van der Waals surface area contributed by atoms with E-state index in [1.807, 2.05) is 0 Å². The molecule has 0 fully saturated rings. The van der Waals surface area contributed by atoms with Crippen molar-refractivity contribution < 1.29 is 4.92 Å². The summed E-state index contributed by atoms with van der Waals surface area (Å²) in [5.74, 6) is -0.0765. The maximum absolute atomic E-state index is 10.4. The Balaban J connectivity index is 3.20. The molecule has 0 bridgehead atoms. The van der Waals surface area contributed by atoms with Gasteiger partial charge in [-0.3, -0.25) is 15.5 Å². The number of aryl methyl sites for hydroxylation is 1. The first-order valence-corrected chi connectivity index (χ1v) is 3.62. The number of nitro benzene ring substituents is 1. The molecule has 1 aromatic rings. The zero-order valence-corrected chi connectivity index (χ0v) is 7.07. The lowest BCUT2D eigenvalue weighted by atomic mass is 10.1. The molecule has 1 aromatic carbocycles. The monoisotopic (exact) mass is 179 g/mol. The largest absolute Gasteiger partial charge is 0.384 e. The molecule has 3 N–H and O–H groups in total. The van der Waals surface area contributed by atoms with Crippen LogP contribution in [0.5, 0.6) is 0 Å². The first kappa shape index (κ1) is 9.18. The zero-order chi connectivity index (χ0) is 10.0. The molecule has 0 aliphatic carbocycles. The first-order chi connectivity index (χ1) is 6.02. The number of amidine groups is 1. The molecular weight excluding hydrogens is 170 g/mol. The van der Waals surface area contributed by atoms with Crippen molar-refractivity contribution in [3.05, 3.63) is 39.4 Å². The second kappa shape index (κ2) is 3.22. The summed E-state index contributed by atoms with van der Waals surface area (Å²) in [7, 11) is 0. The van der Waals surface area contributed by atoms with Gasteiger partial charge in [0.05, 0.1) is 4.92 Å². The van der Waals surface area contributed by atoms with Gasteiger partial charge in [0.1, 0.15) is 5.84 Å². The minimum Gasteiger partial charge on any atom is -0.384 e. The third-order valence-electron chi connectivity index (χ3n) is 1.71. The molecule has 0 saturated heterocycles. The smallest absolute Gasteiger partial charge is 0.269 e. The van der Waals surface area contributed by atoms with Gasteiger partial charge in [-0.25, -0.2) is 0 Å². The Morgan fingerprint density at radius 2 is 2.23 bits per heavy atom. The van der Waals surface area contributed by atoms with Crippen molar-refractivity contribution in [2.75, 3.05) is 0 Å². The summed E-state index contributed by atoms with van der Waals surface area (Å²) < 4.78 is 0. The molecule has 13 heavy (non-hydrogen) atoms. The number of non-ortho nitro benzene ring substituents is 1. The number of hydrogen-bond donors (Lipinski definition) is 2. The Morgan fingerprint density at radius 3 is 2.62 bits per heavy atom. The summed E-state index contributed by atoms with van der Waals surface area (Å²) in [4.78, 5) is 9.88. The molecule has 0 unspecified atom stereocenters. The Hall–Kier alpha value is -1.91. The molecule has 1 rings (SSSR count). The van der Waals surface area contributed by atoms with E-state index in [1.54, 1.807) is 6.92 Å². The Bertz CT molecular complexity index is 374. The third-order valence-corrected chi connectivity index (χ3v) is 1.71. The van der Waals surface area contributed by atoms with Gasteiger partial charge in [-0.15, -0.1) is 0 Å². The number of nitrogens with two attached hydrogens (primary N) is 1. The lowest BCUT2D eigenvalue weighted by molar-refractivity contribution is -0.384. The van der Waals surface area contributed by atoms with Gasteiger partial charge < -0.3 is 5.73 Å². The number of rotatable bonds is 2. The van der Waals surface area contributed by atoms with Crippen molar-refractivity contribution in [3.8, 4) is 0 Å². The van der Waals surface area contributed by atoms with Crippen LogP contribution in [0, 0.1) is 22.4 Å². The molecule has 0 aromatic heterocycles. The van der Waals surface area contributed by atoms with E-state index in [-0.39, 0.29) is 11.5 Å². The highest BCUT2D eigenvalue weighted by Crippen LogP contribution is 2.16. The SMILES string of the molecule is Cc1cc([N+](=O)[O-])ccc1C(=N)N. The van der Waals surface area contributed by atoms with Crippen LogP contribution in [0.15, 0.2) is 18.2 Å². The summed E-state index contributed by atoms with van der Waals surface area (Å²) in [5, 5.41) is 17.5. The summed E-state index contributed by atoms with van der Waals surface area (Å²) in [6.07, 6.45) is 0.